The van der Waals surface area contributed by atoms with Crippen molar-refractivity contribution in [2.24, 2.45) is 5.73 Å². The summed E-state index contributed by atoms with van der Waals surface area (Å²) in [5.74, 6) is -0.416. The minimum Gasteiger partial charge on any atom is -0.385 e. The molecule has 6 nitrogen and oxygen atoms in total. The van der Waals surface area contributed by atoms with Gasteiger partial charge in [-0.05, 0) is 57.0 Å². The highest BCUT2D eigenvalue weighted by molar-refractivity contribution is 5.94. The van der Waals surface area contributed by atoms with Gasteiger partial charge in [0, 0.05) is 24.3 Å². The first-order chi connectivity index (χ1) is 11.1. The molecule has 0 fully saturated rings. The second-order valence-electron chi connectivity index (χ2n) is 5.50. The van der Waals surface area contributed by atoms with E-state index in [2.05, 4.69) is 22.9 Å². The van der Waals surface area contributed by atoms with Gasteiger partial charge in [0.2, 0.25) is 5.91 Å². The van der Waals surface area contributed by atoms with Gasteiger partial charge in [0.05, 0.1) is 6.04 Å². The average molecular weight is 320 g/mol. The summed E-state index contributed by atoms with van der Waals surface area (Å²) in [5, 5.41) is 9.04. The lowest BCUT2D eigenvalue weighted by Crippen LogP contribution is -2.39. The van der Waals surface area contributed by atoms with E-state index in [1.54, 1.807) is 7.05 Å². The standard InChI is InChI=1S/C17H28N4O2/c1-3-11-20-14-9-7-13(8-10-14)17(23)21-12-5-4-6-15(19-2)16(18)22/h7-10,15,19-20H,3-6,11-12H2,1-2H3,(H2,18,22)(H,21,23). The Bertz CT molecular complexity index is 488. The number of unbranched alkanes of at least 4 members (excludes halogenated alkanes) is 1. The fourth-order valence-electron chi connectivity index (χ4n) is 2.22. The summed E-state index contributed by atoms with van der Waals surface area (Å²) in [6.45, 7) is 3.62. The Morgan fingerprint density at radius 3 is 2.39 bits per heavy atom. The first kappa shape index (κ1) is 19.0. The minimum absolute atomic E-state index is 0.0768. The van der Waals surface area contributed by atoms with Gasteiger partial charge in [-0.25, -0.2) is 0 Å². The van der Waals surface area contributed by atoms with Crippen molar-refractivity contribution >= 4 is 17.5 Å². The Hall–Kier alpha value is -2.08. The normalized spacial score (nSPS) is 11.7. The summed E-state index contributed by atoms with van der Waals surface area (Å²) in [4.78, 5) is 23.1. The molecule has 0 aliphatic carbocycles. The third-order valence-electron chi connectivity index (χ3n) is 3.62. The smallest absolute Gasteiger partial charge is 0.251 e. The number of benzene rings is 1. The van der Waals surface area contributed by atoms with Crippen LogP contribution < -0.4 is 21.7 Å². The number of carbonyl (C=O) groups is 2. The van der Waals surface area contributed by atoms with Crippen LogP contribution in [0.3, 0.4) is 0 Å². The summed E-state index contributed by atoms with van der Waals surface area (Å²) >= 11 is 0. The van der Waals surface area contributed by atoms with Gasteiger partial charge >= 0.3 is 0 Å². The van der Waals surface area contributed by atoms with E-state index in [0.717, 1.165) is 31.5 Å². The highest BCUT2D eigenvalue weighted by atomic mass is 16.2. The first-order valence-electron chi connectivity index (χ1n) is 8.17. The van der Waals surface area contributed by atoms with E-state index in [1.165, 1.54) is 0 Å². The molecule has 0 saturated heterocycles. The summed E-state index contributed by atoms with van der Waals surface area (Å²) < 4.78 is 0. The molecule has 1 unspecified atom stereocenters. The van der Waals surface area contributed by atoms with Crippen LogP contribution in [0.2, 0.25) is 0 Å². The van der Waals surface area contributed by atoms with E-state index in [0.29, 0.717) is 18.5 Å². The van der Waals surface area contributed by atoms with E-state index < -0.39 is 0 Å². The van der Waals surface area contributed by atoms with E-state index in [9.17, 15) is 9.59 Å². The second kappa shape index (κ2) is 10.6. The molecule has 23 heavy (non-hydrogen) atoms. The Labute approximate surface area is 138 Å². The van der Waals surface area contributed by atoms with E-state index in [4.69, 9.17) is 5.73 Å². The van der Waals surface area contributed by atoms with Crippen LogP contribution in [-0.4, -0.2) is 38.0 Å². The van der Waals surface area contributed by atoms with Gasteiger partial charge in [0.15, 0.2) is 0 Å². The van der Waals surface area contributed by atoms with Crippen LogP contribution in [0, 0.1) is 0 Å². The zero-order chi connectivity index (χ0) is 17.1. The Kier molecular flexibility index (Phi) is 8.75. The molecule has 2 amide bonds. The van der Waals surface area contributed by atoms with Gasteiger partial charge in [-0.1, -0.05) is 6.92 Å². The number of nitrogens with two attached hydrogens (primary N) is 1. The predicted molar refractivity (Wildman–Crippen MR) is 93.4 cm³/mol. The number of nitrogens with one attached hydrogen (secondary N) is 3. The fourth-order valence-corrected chi connectivity index (χ4v) is 2.22. The van der Waals surface area contributed by atoms with Crippen LogP contribution in [-0.2, 0) is 4.79 Å². The van der Waals surface area contributed by atoms with Crippen LogP contribution in [0.1, 0.15) is 43.0 Å². The number of primary amides is 1. The number of anilines is 1. The minimum atomic E-state index is -0.340. The molecular weight excluding hydrogens is 292 g/mol. The van der Waals surface area contributed by atoms with Crippen molar-refractivity contribution in [2.45, 2.75) is 38.6 Å². The molecule has 6 heteroatoms. The maximum atomic E-state index is 12.0. The number of carbonyl (C=O) groups excluding carboxylic acids is 2. The molecule has 0 aromatic heterocycles. The summed E-state index contributed by atoms with van der Waals surface area (Å²) in [6, 6.07) is 7.16. The average Bonchev–Trinajstić information content (AvgIpc) is 2.56. The number of hydrogen-bond donors (Lipinski definition) is 4. The van der Waals surface area contributed by atoms with Crippen molar-refractivity contribution in [1.82, 2.24) is 10.6 Å². The molecule has 1 rings (SSSR count). The second-order valence-corrected chi connectivity index (χ2v) is 5.50. The van der Waals surface area contributed by atoms with Gasteiger partial charge in [0.1, 0.15) is 0 Å². The van der Waals surface area contributed by atoms with Crippen molar-refractivity contribution in [2.75, 3.05) is 25.5 Å². The molecule has 0 heterocycles. The van der Waals surface area contributed by atoms with E-state index in [1.807, 2.05) is 24.3 Å². The first-order valence-corrected chi connectivity index (χ1v) is 8.17. The van der Waals surface area contributed by atoms with Crippen molar-refractivity contribution in [3.05, 3.63) is 29.8 Å². The SMILES string of the molecule is CCCNc1ccc(C(=O)NCCCCC(NC)C(N)=O)cc1. The molecule has 0 bridgehead atoms. The molecule has 0 aliphatic rings. The van der Waals surface area contributed by atoms with Crippen LogP contribution >= 0.6 is 0 Å². The van der Waals surface area contributed by atoms with Gasteiger partial charge in [-0.3, -0.25) is 9.59 Å². The molecular formula is C17H28N4O2. The number of rotatable bonds is 11. The number of amides is 2. The topological polar surface area (TPSA) is 96.2 Å². The molecule has 5 N–H and O–H groups in total. The lowest BCUT2D eigenvalue weighted by molar-refractivity contribution is -0.120. The van der Waals surface area contributed by atoms with Crippen LogP contribution in [0.4, 0.5) is 5.69 Å². The summed E-state index contributed by atoms with van der Waals surface area (Å²) in [7, 11) is 1.72. The van der Waals surface area contributed by atoms with Crippen LogP contribution in [0.25, 0.3) is 0 Å². The van der Waals surface area contributed by atoms with Crippen molar-refractivity contribution in [3.8, 4) is 0 Å². The maximum Gasteiger partial charge on any atom is 0.251 e. The van der Waals surface area contributed by atoms with Gasteiger partial charge < -0.3 is 21.7 Å². The molecule has 128 valence electrons. The van der Waals surface area contributed by atoms with Gasteiger partial charge in [-0.15, -0.1) is 0 Å². The van der Waals surface area contributed by atoms with Crippen molar-refractivity contribution < 1.29 is 9.59 Å². The molecule has 1 aromatic rings. The Balaban J connectivity index is 2.27. The molecule has 0 spiro atoms. The number of hydrogen-bond acceptors (Lipinski definition) is 4. The van der Waals surface area contributed by atoms with E-state index >= 15 is 0 Å². The van der Waals surface area contributed by atoms with E-state index in [-0.39, 0.29) is 17.9 Å². The third kappa shape index (κ3) is 7.15. The molecule has 0 aliphatic heterocycles. The van der Waals surface area contributed by atoms with Crippen molar-refractivity contribution in [1.29, 1.82) is 0 Å². The van der Waals surface area contributed by atoms with Gasteiger partial charge in [0.25, 0.3) is 5.91 Å². The molecule has 1 atom stereocenters. The Morgan fingerprint density at radius 2 is 1.83 bits per heavy atom. The highest BCUT2D eigenvalue weighted by Gasteiger charge is 2.11. The van der Waals surface area contributed by atoms with Crippen LogP contribution in [0.5, 0.6) is 0 Å². The quantitative estimate of drug-likeness (QED) is 0.464. The number of likely N-dealkylation sites (N-methyl/N-ethyl adjacent to an activating group) is 1. The lowest BCUT2D eigenvalue weighted by atomic mass is 10.1. The third-order valence-corrected chi connectivity index (χ3v) is 3.62. The molecule has 0 saturated carbocycles. The predicted octanol–water partition coefficient (Wildman–Crippen LogP) is 1.48. The summed E-state index contributed by atoms with van der Waals surface area (Å²) in [5.41, 5.74) is 6.92. The van der Waals surface area contributed by atoms with Crippen LogP contribution in [0.15, 0.2) is 24.3 Å². The highest BCUT2D eigenvalue weighted by Crippen LogP contribution is 2.09. The monoisotopic (exact) mass is 320 g/mol. The lowest BCUT2D eigenvalue weighted by Gasteiger charge is -2.12. The fraction of sp³-hybridized carbons (Fsp3) is 0.529. The molecule has 0 radical (unpaired) electrons. The largest absolute Gasteiger partial charge is 0.385 e. The Morgan fingerprint density at radius 1 is 1.13 bits per heavy atom. The maximum absolute atomic E-state index is 12.0. The molecule has 1 aromatic carbocycles. The zero-order valence-corrected chi connectivity index (χ0v) is 14.0. The summed E-state index contributed by atoms with van der Waals surface area (Å²) in [6.07, 6.45) is 3.38. The zero-order valence-electron chi connectivity index (χ0n) is 14.0. The van der Waals surface area contributed by atoms with Gasteiger partial charge in [-0.2, -0.15) is 0 Å². The van der Waals surface area contributed by atoms with Crippen molar-refractivity contribution in [3.63, 3.8) is 0 Å².